The summed E-state index contributed by atoms with van der Waals surface area (Å²) in [5, 5.41) is 22.5. The zero-order valence-electron chi connectivity index (χ0n) is 13.7. The second-order valence-electron chi connectivity index (χ2n) is 5.23. The molecule has 5 nitrogen and oxygen atoms in total. The molecule has 0 saturated heterocycles. The number of amides is 1. The van der Waals surface area contributed by atoms with Crippen LogP contribution >= 0.6 is 43.5 Å². The number of aryl methyl sites for hydroxylation is 1. The van der Waals surface area contributed by atoms with E-state index >= 15 is 0 Å². The first-order valence-corrected chi connectivity index (χ1v) is 9.19. The minimum absolute atomic E-state index is 0.0891. The van der Waals surface area contributed by atoms with Gasteiger partial charge in [-0.1, -0.05) is 17.7 Å². The predicted octanol–water partition coefficient (Wildman–Crippen LogP) is 5.43. The van der Waals surface area contributed by atoms with Gasteiger partial charge in [-0.3, -0.25) is 4.79 Å². The summed E-state index contributed by atoms with van der Waals surface area (Å²) >= 11 is 12.6. The molecular formula is C18H13Br2ClN2O3. The van der Waals surface area contributed by atoms with Crippen molar-refractivity contribution in [3.05, 3.63) is 54.9 Å². The van der Waals surface area contributed by atoms with Crippen LogP contribution in [0.4, 0.5) is 5.69 Å². The maximum absolute atomic E-state index is 12.4. The number of nitriles is 1. The number of anilines is 1. The molecule has 2 aromatic rings. The van der Waals surface area contributed by atoms with E-state index in [-0.39, 0.29) is 17.1 Å². The Bertz CT molecular complexity index is 952. The summed E-state index contributed by atoms with van der Waals surface area (Å²) in [6.07, 6.45) is 1.39. The number of halogens is 3. The van der Waals surface area contributed by atoms with Crippen LogP contribution in [0.15, 0.2) is 38.8 Å². The number of carbonyl (C=O) groups excluding carboxylic acids is 1. The molecule has 2 aromatic carbocycles. The van der Waals surface area contributed by atoms with Crippen LogP contribution in [0.5, 0.6) is 11.5 Å². The molecule has 26 heavy (non-hydrogen) atoms. The average molecular weight is 501 g/mol. The van der Waals surface area contributed by atoms with Crippen LogP contribution in [0.3, 0.4) is 0 Å². The molecule has 0 unspecified atom stereocenters. The molecule has 0 atom stereocenters. The smallest absolute Gasteiger partial charge is 0.266 e. The number of nitrogens with zero attached hydrogens (tertiary/aromatic N) is 1. The molecule has 0 aromatic heterocycles. The molecule has 0 aliphatic rings. The summed E-state index contributed by atoms with van der Waals surface area (Å²) in [7, 11) is 1.40. The lowest BCUT2D eigenvalue weighted by Crippen LogP contribution is -2.13. The number of carbonyl (C=O) groups is 1. The Morgan fingerprint density at radius 1 is 1.35 bits per heavy atom. The Kier molecular flexibility index (Phi) is 6.70. The average Bonchev–Trinajstić information content (AvgIpc) is 2.62. The molecule has 0 aliphatic heterocycles. The van der Waals surface area contributed by atoms with Crippen LogP contribution in [-0.4, -0.2) is 18.1 Å². The number of hydrogen-bond acceptors (Lipinski definition) is 4. The number of nitrogens with one attached hydrogen (secondary N) is 1. The largest absolute Gasteiger partial charge is 0.503 e. The minimum Gasteiger partial charge on any atom is -0.503 e. The van der Waals surface area contributed by atoms with Crippen molar-refractivity contribution < 1.29 is 14.6 Å². The van der Waals surface area contributed by atoms with Gasteiger partial charge in [-0.05, 0) is 74.2 Å². The lowest BCUT2D eigenvalue weighted by molar-refractivity contribution is -0.112. The van der Waals surface area contributed by atoms with Crippen molar-refractivity contribution in [1.29, 1.82) is 5.26 Å². The van der Waals surface area contributed by atoms with Gasteiger partial charge >= 0.3 is 0 Å². The number of benzene rings is 2. The van der Waals surface area contributed by atoms with E-state index in [0.717, 1.165) is 5.56 Å². The van der Waals surface area contributed by atoms with Crippen molar-refractivity contribution in [1.82, 2.24) is 0 Å². The second-order valence-corrected chi connectivity index (χ2v) is 7.23. The Morgan fingerprint density at radius 2 is 2.04 bits per heavy atom. The van der Waals surface area contributed by atoms with Gasteiger partial charge in [0.1, 0.15) is 11.6 Å². The Morgan fingerprint density at radius 3 is 2.62 bits per heavy atom. The highest BCUT2D eigenvalue weighted by atomic mass is 79.9. The quantitative estimate of drug-likeness (QED) is 0.433. The van der Waals surface area contributed by atoms with Crippen LogP contribution < -0.4 is 10.1 Å². The van der Waals surface area contributed by atoms with E-state index in [1.54, 1.807) is 18.2 Å². The summed E-state index contributed by atoms with van der Waals surface area (Å²) in [5.74, 6) is -0.467. The van der Waals surface area contributed by atoms with Crippen molar-refractivity contribution in [2.75, 3.05) is 12.4 Å². The summed E-state index contributed by atoms with van der Waals surface area (Å²) in [5.41, 5.74) is 1.73. The molecule has 0 spiro atoms. The van der Waals surface area contributed by atoms with Crippen LogP contribution in [0.2, 0.25) is 5.02 Å². The Hall–Kier alpha value is -2.01. The summed E-state index contributed by atoms with van der Waals surface area (Å²) < 4.78 is 5.92. The van der Waals surface area contributed by atoms with Gasteiger partial charge in [0.25, 0.3) is 5.91 Å². The number of rotatable bonds is 4. The maximum Gasteiger partial charge on any atom is 0.266 e. The van der Waals surface area contributed by atoms with Crippen LogP contribution in [-0.2, 0) is 4.79 Å². The van der Waals surface area contributed by atoms with Gasteiger partial charge in [-0.25, -0.2) is 0 Å². The number of phenolic OH excluding ortho intramolecular Hbond substituents is 1. The topological polar surface area (TPSA) is 82.3 Å². The van der Waals surface area contributed by atoms with E-state index in [1.165, 1.54) is 19.3 Å². The first-order valence-electron chi connectivity index (χ1n) is 7.22. The van der Waals surface area contributed by atoms with E-state index in [9.17, 15) is 15.2 Å². The molecule has 134 valence electrons. The zero-order valence-corrected chi connectivity index (χ0v) is 17.7. The molecule has 0 saturated carbocycles. The van der Waals surface area contributed by atoms with E-state index in [4.69, 9.17) is 16.3 Å². The molecule has 0 aliphatic carbocycles. The molecule has 0 radical (unpaired) electrons. The van der Waals surface area contributed by atoms with Gasteiger partial charge in [0.05, 0.1) is 11.6 Å². The second kappa shape index (κ2) is 8.58. The summed E-state index contributed by atoms with van der Waals surface area (Å²) in [6.45, 7) is 1.85. The van der Waals surface area contributed by atoms with Gasteiger partial charge < -0.3 is 15.2 Å². The number of aromatic hydroxyl groups is 1. The number of phenols is 1. The van der Waals surface area contributed by atoms with Gasteiger partial charge in [0, 0.05) is 15.2 Å². The highest BCUT2D eigenvalue weighted by Crippen LogP contribution is 2.42. The molecule has 0 heterocycles. The fourth-order valence-electron chi connectivity index (χ4n) is 2.05. The molecule has 0 fully saturated rings. The standard InChI is InChI=1S/C18H13Br2ClN2O3/c1-9-3-4-12(7-13(9)21)23-18(25)11(8-22)5-10-6-14(26-2)17(24)16(20)15(10)19/h3-7,24H,1-2H3,(H,23,25)/b11-5+. The van der Waals surface area contributed by atoms with Gasteiger partial charge in [-0.2, -0.15) is 5.26 Å². The number of ether oxygens (including phenoxy) is 1. The SMILES string of the molecule is COc1cc(/C=C(\C#N)C(=O)Nc2ccc(C)c(Cl)c2)c(Br)c(Br)c1O. The lowest BCUT2D eigenvalue weighted by Gasteiger charge is -2.10. The molecule has 1 amide bonds. The minimum atomic E-state index is -0.581. The third kappa shape index (κ3) is 4.39. The molecular weight excluding hydrogens is 487 g/mol. The highest BCUT2D eigenvalue weighted by Gasteiger charge is 2.16. The highest BCUT2D eigenvalue weighted by molar-refractivity contribution is 9.13. The van der Waals surface area contributed by atoms with Gasteiger partial charge in [0.2, 0.25) is 0 Å². The van der Waals surface area contributed by atoms with E-state index in [2.05, 4.69) is 37.2 Å². The van der Waals surface area contributed by atoms with E-state index in [0.29, 0.717) is 25.2 Å². The van der Waals surface area contributed by atoms with Crippen molar-refractivity contribution in [2.45, 2.75) is 6.92 Å². The summed E-state index contributed by atoms with van der Waals surface area (Å²) in [6, 6.07) is 8.46. The normalized spacial score (nSPS) is 11.0. The van der Waals surface area contributed by atoms with Gasteiger partial charge in [-0.15, -0.1) is 0 Å². The van der Waals surface area contributed by atoms with Crippen molar-refractivity contribution in [2.24, 2.45) is 0 Å². The predicted molar refractivity (Wildman–Crippen MR) is 108 cm³/mol. The zero-order chi connectivity index (χ0) is 19.4. The first kappa shape index (κ1) is 20.3. The fourth-order valence-corrected chi connectivity index (χ4v) is 3.07. The third-order valence-electron chi connectivity index (χ3n) is 3.49. The third-order valence-corrected chi connectivity index (χ3v) is 6.05. The monoisotopic (exact) mass is 498 g/mol. The number of methoxy groups -OCH3 is 1. The van der Waals surface area contributed by atoms with Crippen molar-refractivity contribution >= 4 is 61.1 Å². The Labute approximate surface area is 172 Å². The molecule has 8 heteroatoms. The first-order chi connectivity index (χ1) is 12.3. The summed E-state index contributed by atoms with van der Waals surface area (Å²) in [4.78, 5) is 12.4. The Balaban J connectivity index is 2.38. The van der Waals surface area contributed by atoms with Crippen molar-refractivity contribution in [3.8, 4) is 17.6 Å². The van der Waals surface area contributed by atoms with Crippen molar-refractivity contribution in [3.63, 3.8) is 0 Å². The van der Waals surface area contributed by atoms with Crippen LogP contribution in [0, 0.1) is 18.3 Å². The van der Waals surface area contributed by atoms with E-state index in [1.807, 2.05) is 13.0 Å². The number of hydrogen-bond donors (Lipinski definition) is 2. The van der Waals surface area contributed by atoms with Gasteiger partial charge in [0.15, 0.2) is 11.5 Å². The molecule has 2 rings (SSSR count). The fraction of sp³-hybridized carbons (Fsp3) is 0.111. The molecule has 2 N–H and O–H groups in total. The maximum atomic E-state index is 12.4. The lowest BCUT2D eigenvalue weighted by atomic mass is 10.1. The van der Waals surface area contributed by atoms with Crippen LogP contribution in [0.1, 0.15) is 11.1 Å². The van der Waals surface area contributed by atoms with E-state index < -0.39 is 5.91 Å². The molecule has 0 bridgehead atoms. The van der Waals surface area contributed by atoms with Crippen LogP contribution in [0.25, 0.3) is 6.08 Å².